The van der Waals surface area contributed by atoms with Crippen LogP contribution in [0.25, 0.3) is 0 Å². The molecule has 3 rings (SSSR count). The summed E-state index contributed by atoms with van der Waals surface area (Å²) in [6.45, 7) is 2.83. The molecular formula is C17H16N4OS. The van der Waals surface area contributed by atoms with E-state index in [0.717, 1.165) is 31.6 Å². The maximum atomic E-state index is 12.3. The summed E-state index contributed by atoms with van der Waals surface area (Å²) in [7, 11) is 0. The Labute approximate surface area is 138 Å². The predicted octanol–water partition coefficient (Wildman–Crippen LogP) is 3.03. The van der Waals surface area contributed by atoms with Crippen LogP contribution in [0.1, 0.15) is 27.2 Å². The molecule has 0 spiro atoms. The maximum Gasteiger partial charge on any atom is 0.257 e. The van der Waals surface area contributed by atoms with Gasteiger partial charge in [0.2, 0.25) is 0 Å². The number of carbonyl (C=O) groups is 1. The van der Waals surface area contributed by atoms with Crippen molar-refractivity contribution in [3.63, 3.8) is 0 Å². The zero-order chi connectivity index (χ0) is 16.1. The number of nitriles is 1. The Bertz CT molecular complexity index is 775. The highest BCUT2D eigenvalue weighted by Gasteiger charge is 2.11. The van der Waals surface area contributed by atoms with Gasteiger partial charge in [0.15, 0.2) is 5.13 Å². The molecule has 1 aromatic carbocycles. The minimum Gasteiger partial charge on any atom is -0.298 e. The smallest absolute Gasteiger partial charge is 0.257 e. The van der Waals surface area contributed by atoms with E-state index in [2.05, 4.69) is 27.4 Å². The molecule has 0 atom stereocenters. The first-order valence-corrected chi connectivity index (χ1v) is 8.20. The van der Waals surface area contributed by atoms with Gasteiger partial charge in [-0.15, -0.1) is 0 Å². The third-order valence-electron chi connectivity index (χ3n) is 3.57. The zero-order valence-corrected chi connectivity index (χ0v) is 13.3. The summed E-state index contributed by atoms with van der Waals surface area (Å²) in [4.78, 5) is 19.1. The Morgan fingerprint density at radius 2 is 2.35 bits per heavy atom. The SMILES string of the molecule is N#Cc1cnc(NC(=O)c2cccc(CN3CC=CCC3)c2)s1. The van der Waals surface area contributed by atoms with Crippen LogP contribution in [0.15, 0.2) is 42.6 Å². The van der Waals surface area contributed by atoms with Crippen molar-refractivity contribution < 1.29 is 4.79 Å². The number of amides is 1. The van der Waals surface area contributed by atoms with E-state index in [-0.39, 0.29) is 5.91 Å². The maximum absolute atomic E-state index is 12.3. The van der Waals surface area contributed by atoms with E-state index in [9.17, 15) is 4.79 Å². The van der Waals surface area contributed by atoms with Crippen LogP contribution in [0.2, 0.25) is 0 Å². The second-order valence-electron chi connectivity index (χ2n) is 5.29. The van der Waals surface area contributed by atoms with Crippen molar-refractivity contribution in [2.45, 2.75) is 13.0 Å². The van der Waals surface area contributed by atoms with Crippen molar-refractivity contribution >= 4 is 22.4 Å². The van der Waals surface area contributed by atoms with Crippen LogP contribution in [-0.4, -0.2) is 28.9 Å². The fourth-order valence-corrected chi connectivity index (χ4v) is 3.06. The molecule has 1 N–H and O–H groups in total. The third kappa shape index (κ3) is 4.03. The molecule has 1 amide bonds. The third-order valence-corrected chi connectivity index (χ3v) is 4.39. The highest BCUT2D eigenvalue weighted by molar-refractivity contribution is 7.16. The van der Waals surface area contributed by atoms with Gasteiger partial charge in [-0.2, -0.15) is 5.26 Å². The van der Waals surface area contributed by atoms with Crippen LogP contribution >= 0.6 is 11.3 Å². The number of thiazole rings is 1. The second kappa shape index (κ2) is 7.18. The molecule has 23 heavy (non-hydrogen) atoms. The van der Waals surface area contributed by atoms with E-state index >= 15 is 0 Å². The first-order chi connectivity index (χ1) is 11.2. The van der Waals surface area contributed by atoms with Crippen LogP contribution in [-0.2, 0) is 6.54 Å². The summed E-state index contributed by atoms with van der Waals surface area (Å²) < 4.78 is 0. The van der Waals surface area contributed by atoms with Gasteiger partial charge in [-0.1, -0.05) is 35.6 Å². The number of benzene rings is 1. The van der Waals surface area contributed by atoms with Crippen LogP contribution in [0.4, 0.5) is 5.13 Å². The summed E-state index contributed by atoms with van der Waals surface area (Å²) in [5.41, 5.74) is 1.72. The van der Waals surface area contributed by atoms with Crippen molar-refractivity contribution in [2.75, 3.05) is 18.4 Å². The molecule has 1 aliphatic heterocycles. The molecule has 2 heterocycles. The molecule has 0 saturated carbocycles. The Morgan fingerprint density at radius 3 is 3.09 bits per heavy atom. The summed E-state index contributed by atoms with van der Waals surface area (Å²) in [6, 6.07) is 9.63. The van der Waals surface area contributed by atoms with Crippen LogP contribution in [0.3, 0.4) is 0 Å². The molecule has 1 aliphatic rings. The van der Waals surface area contributed by atoms with Crippen LogP contribution < -0.4 is 5.32 Å². The molecule has 0 radical (unpaired) electrons. The summed E-state index contributed by atoms with van der Waals surface area (Å²) >= 11 is 1.17. The minimum absolute atomic E-state index is 0.204. The van der Waals surface area contributed by atoms with E-state index in [1.807, 2.05) is 24.3 Å². The number of nitrogens with zero attached hydrogens (tertiary/aromatic N) is 3. The van der Waals surface area contributed by atoms with Crippen molar-refractivity contribution in [3.8, 4) is 6.07 Å². The number of nitrogens with one attached hydrogen (secondary N) is 1. The Hall–Kier alpha value is -2.49. The second-order valence-corrected chi connectivity index (χ2v) is 6.32. The molecule has 116 valence electrons. The average Bonchev–Trinajstić information content (AvgIpc) is 3.03. The highest BCUT2D eigenvalue weighted by Crippen LogP contribution is 2.18. The van der Waals surface area contributed by atoms with Gasteiger partial charge in [-0.25, -0.2) is 4.98 Å². The molecule has 0 saturated heterocycles. The molecule has 0 fully saturated rings. The molecule has 5 nitrogen and oxygen atoms in total. The van der Waals surface area contributed by atoms with Gasteiger partial charge < -0.3 is 0 Å². The highest BCUT2D eigenvalue weighted by atomic mass is 32.1. The van der Waals surface area contributed by atoms with Crippen LogP contribution in [0, 0.1) is 11.3 Å². The van der Waals surface area contributed by atoms with Crippen molar-refractivity contribution in [3.05, 3.63) is 58.6 Å². The van der Waals surface area contributed by atoms with E-state index in [1.165, 1.54) is 17.5 Å². The molecule has 0 bridgehead atoms. The zero-order valence-electron chi connectivity index (χ0n) is 12.5. The molecule has 0 aliphatic carbocycles. The normalized spacial score (nSPS) is 14.4. The standard InChI is InChI=1S/C17H16N4OS/c18-10-15-11-19-17(23-15)20-16(22)14-6-4-5-13(9-14)12-21-7-2-1-3-8-21/h1-2,4-6,9,11H,3,7-8,12H2,(H,19,20,22). The van der Waals surface area contributed by atoms with Crippen molar-refractivity contribution in [1.29, 1.82) is 5.26 Å². The number of anilines is 1. The lowest BCUT2D eigenvalue weighted by atomic mass is 10.1. The van der Waals surface area contributed by atoms with E-state index < -0.39 is 0 Å². The van der Waals surface area contributed by atoms with Gasteiger partial charge in [0, 0.05) is 25.2 Å². The fourth-order valence-electron chi connectivity index (χ4n) is 2.46. The number of hydrogen-bond donors (Lipinski definition) is 1. The van der Waals surface area contributed by atoms with Gasteiger partial charge in [0.05, 0.1) is 6.20 Å². The Balaban J connectivity index is 1.67. The van der Waals surface area contributed by atoms with E-state index in [0.29, 0.717) is 15.6 Å². The lowest BCUT2D eigenvalue weighted by Gasteiger charge is -2.23. The summed E-state index contributed by atoms with van der Waals surface area (Å²) in [5.74, 6) is -0.204. The monoisotopic (exact) mass is 324 g/mol. The van der Waals surface area contributed by atoms with Crippen molar-refractivity contribution in [1.82, 2.24) is 9.88 Å². The Morgan fingerprint density at radius 1 is 1.43 bits per heavy atom. The number of aromatic nitrogens is 1. The van der Waals surface area contributed by atoms with Gasteiger partial charge in [-0.05, 0) is 24.1 Å². The average molecular weight is 324 g/mol. The minimum atomic E-state index is -0.204. The van der Waals surface area contributed by atoms with Gasteiger partial charge in [0.1, 0.15) is 10.9 Å². The van der Waals surface area contributed by atoms with Gasteiger partial charge in [-0.3, -0.25) is 15.0 Å². The molecule has 0 unspecified atom stereocenters. The molecule has 6 heteroatoms. The quantitative estimate of drug-likeness (QED) is 0.878. The number of rotatable bonds is 4. The molecule has 1 aromatic heterocycles. The van der Waals surface area contributed by atoms with Crippen LogP contribution in [0.5, 0.6) is 0 Å². The van der Waals surface area contributed by atoms with Gasteiger partial charge >= 0.3 is 0 Å². The summed E-state index contributed by atoms with van der Waals surface area (Å²) in [6.07, 6.45) is 6.91. The molecule has 2 aromatic rings. The van der Waals surface area contributed by atoms with Gasteiger partial charge in [0.25, 0.3) is 5.91 Å². The first kappa shape index (κ1) is 15.4. The lowest BCUT2D eigenvalue weighted by Crippen LogP contribution is -2.26. The molecular weight excluding hydrogens is 308 g/mol. The summed E-state index contributed by atoms with van der Waals surface area (Å²) in [5, 5.41) is 12.0. The van der Waals surface area contributed by atoms with Crippen molar-refractivity contribution in [2.24, 2.45) is 0 Å². The number of hydrogen-bond acceptors (Lipinski definition) is 5. The topological polar surface area (TPSA) is 69.0 Å². The van der Waals surface area contributed by atoms with E-state index in [4.69, 9.17) is 5.26 Å². The Kier molecular flexibility index (Phi) is 4.81. The predicted molar refractivity (Wildman–Crippen MR) is 90.3 cm³/mol. The lowest BCUT2D eigenvalue weighted by molar-refractivity contribution is 0.102. The first-order valence-electron chi connectivity index (χ1n) is 7.38. The largest absolute Gasteiger partial charge is 0.298 e. The van der Waals surface area contributed by atoms with E-state index in [1.54, 1.807) is 6.07 Å². The fraction of sp³-hybridized carbons (Fsp3) is 0.235. The number of carbonyl (C=O) groups excluding carboxylic acids is 1.